The summed E-state index contributed by atoms with van der Waals surface area (Å²) in [6, 6.07) is 8.12. The van der Waals surface area contributed by atoms with Crippen LogP contribution in [0.3, 0.4) is 0 Å². The van der Waals surface area contributed by atoms with Gasteiger partial charge in [-0.1, -0.05) is 12.1 Å². The first-order chi connectivity index (χ1) is 9.78. The van der Waals surface area contributed by atoms with Crippen molar-refractivity contribution in [3.8, 4) is 5.75 Å². The van der Waals surface area contributed by atoms with Crippen LogP contribution in [0, 0.1) is 12.8 Å². The number of hydrogen-bond donors (Lipinski definition) is 2. The summed E-state index contributed by atoms with van der Waals surface area (Å²) in [7, 11) is 0. The van der Waals surface area contributed by atoms with E-state index in [0.29, 0.717) is 6.61 Å². The average molecular weight is 275 g/mol. The van der Waals surface area contributed by atoms with E-state index in [2.05, 4.69) is 35.5 Å². The van der Waals surface area contributed by atoms with E-state index in [0.717, 1.165) is 37.3 Å². The van der Waals surface area contributed by atoms with Crippen molar-refractivity contribution in [2.24, 2.45) is 10.9 Å². The van der Waals surface area contributed by atoms with Crippen molar-refractivity contribution in [2.45, 2.75) is 26.7 Å². The molecule has 4 nitrogen and oxygen atoms in total. The van der Waals surface area contributed by atoms with Crippen LogP contribution in [0.25, 0.3) is 0 Å². The second-order valence-electron chi connectivity index (χ2n) is 5.25. The lowest BCUT2D eigenvalue weighted by atomic mass is 10.2. The Morgan fingerprint density at radius 2 is 2.20 bits per heavy atom. The third-order valence-corrected chi connectivity index (χ3v) is 3.20. The normalized spacial score (nSPS) is 15.0. The van der Waals surface area contributed by atoms with Crippen LogP contribution in [-0.4, -0.2) is 32.2 Å². The minimum atomic E-state index is 0.636. The van der Waals surface area contributed by atoms with E-state index in [4.69, 9.17) is 4.74 Å². The summed E-state index contributed by atoms with van der Waals surface area (Å²) < 4.78 is 5.71. The minimum absolute atomic E-state index is 0.636. The monoisotopic (exact) mass is 275 g/mol. The van der Waals surface area contributed by atoms with Crippen molar-refractivity contribution < 1.29 is 4.74 Å². The first-order valence-electron chi connectivity index (χ1n) is 7.49. The SMILES string of the molecule is CCNC(=NCC1CC1)NCCOc1cccc(C)c1. The predicted molar refractivity (Wildman–Crippen MR) is 83.4 cm³/mol. The molecule has 2 N–H and O–H groups in total. The number of rotatable bonds is 7. The Hall–Kier alpha value is -1.71. The van der Waals surface area contributed by atoms with Gasteiger partial charge in [-0.25, -0.2) is 0 Å². The largest absolute Gasteiger partial charge is 0.492 e. The van der Waals surface area contributed by atoms with Crippen LogP contribution in [-0.2, 0) is 0 Å². The highest BCUT2D eigenvalue weighted by atomic mass is 16.5. The van der Waals surface area contributed by atoms with E-state index >= 15 is 0 Å². The summed E-state index contributed by atoms with van der Waals surface area (Å²) in [6.45, 7) is 7.36. The van der Waals surface area contributed by atoms with Crippen LogP contribution in [0.1, 0.15) is 25.3 Å². The van der Waals surface area contributed by atoms with Crippen molar-refractivity contribution in [1.29, 1.82) is 0 Å². The maximum absolute atomic E-state index is 5.71. The summed E-state index contributed by atoms with van der Waals surface area (Å²) in [6.07, 6.45) is 2.67. The summed E-state index contributed by atoms with van der Waals surface area (Å²) in [5.74, 6) is 2.63. The number of nitrogens with one attached hydrogen (secondary N) is 2. The highest BCUT2D eigenvalue weighted by molar-refractivity contribution is 5.79. The van der Waals surface area contributed by atoms with E-state index in [1.807, 2.05) is 18.2 Å². The smallest absolute Gasteiger partial charge is 0.191 e. The van der Waals surface area contributed by atoms with E-state index in [1.165, 1.54) is 18.4 Å². The van der Waals surface area contributed by atoms with Crippen molar-refractivity contribution in [3.63, 3.8) is 0 Å². The Morgan fingerprint density at radius 3 is 2.90 bits per heavy atom. The minimum Gasteiger partial charge on any atom is -0.492 e. The van der Waals surface area contributed by atoms with Gasteiger partial charge in [-0.2, -0.15) is 0 Å². The molecule has 4 heteroatoms. The van der Waals surface area contributed by atoms with Crippen molar-refractivity contribution in [3.05, 3.63) is 29.8 Å². The molecule has 20 heavy (non-hydrogen) atoms. The van der Waals surface area contributed by atoms with Crippen LogP contribution in [0.2, 0.25) is 0 Å². The molecular weight excluding hydrogens is 250 g/mol. The van der Waals surface area contributed by atoms with Gasteiger partial charge >= 0.3 is 0 Å². The van der Waals surface area contributed by atoms with Crippen molar-refractivity contribution in [1.82, 2.24) is 10.6 Å². The molecular formula is C16H25N3O. The number of aliphatic imine (C=N–C) groups is 1. The molecule has 0 radical (unpaired) electrons. The van der Waals surface area contributed by atoms with Crippen molar-refractivity contribution >= 4 is 5.96 Å². The molecule has 2 rings (SSSR count). The van der Waals surface area contributed by atoms with E-state index in [-0.39, 0.29) is 0 Å². The lowest BCUT2D eigenvalue weighted by Crippen LogP contribution is -2.39. The summed E-state index contributed by atoms with van der Waals surface area (Å²) >= 11 is 0. The number of guanidine groups is 1. The maximum atomic E-state index is 5.71. The van der Waals surface area contributed by atoms with E-state index < -0.39 is 0 Å². The highest BCUT2D eigenvalue weighted by Crippen LogP contribution is 2.28. The Balaban J connectivity index is 1.68. The molecule has 1 aliphatic rings. The third kappa shape index (κ3) is 5.51. The van der Waals surface area contributed by atoms with Gasteiger partial charge in [-0.15, -0.1) is 0 Å². The Bertz CT molecular complexity index is 441. The first-order valence-corrected chi connectivity index (χ1v) is 7.49. The van der Waals surface area contributed by atoms with Crippen LogP contribution in [0.4, 0.5) is 0 Å². The summed E-state index contributed by atoms with van der Waals surface area (Å²) in [5, 5.41) is 6.56. The second kappa shape index (κ2) is 7.78. The number of nitrogens with zero attached hydrogens (tertiary/aromatic N) is 1. The summed E-state index contributed by atoms with van der Waals surface area (Å²) in [4.78, 5) is 4.57. The average Bonchev–Trinajstić information content (AvgIpc) is 3.25. The van der Waals surface area contributed by atoms with Crippen LogP contribution in [0.15, 0.2) is 29.3 Å². The Labute approximate surface area is 121 Å². The molecule has 0 bridgehead atoms. The van der Waals surface area contributed by atoms with Crippen LogP contribution >= 0.6 is 0 Å². The standard InChI is InChI=1S/C16H25N3O/c1-3-17-16(19-12-14-7-8-14)18-9-10-20-15-6-4-5-13(2)11-15/h4-6,11,14H,3,7-10,12H2,1-2H3,(H2,17,18,19). The number of benzene rings is 1. The summed E-state index contributed by atoms with van der Waals surface area (Å²) in [5.41, 5.74) is 1.22. The molecule has 1 saturated carbocycles. The van der Waals surface area contributed by atoms with E-state index in [9.17, 15) is 0 Å². The molecule has 0 aliphatic heterocycles. The second-order valence-corrected chi connectivity index (χ2v) is 5.25. The van der Waals surface area contributed by atoms with Crippen LogP contribution in [0.5, 0.6) is 5.75 Å². The molecule has 0 unspecified atom stereocenters. The van der Waals surface area contributed by atoms with Gasteiger partial charge in [0.25, 0.3) is 0 Å². The zero-order valence-corrected chi connectivity index (χ0v) is 12.5. The lowest BCUT2D eigenvalue weighted by molar-refractivity contribution is 0.321. The maximum Gasteiger partial charge on any atom is 0.191 e. The molecule has 1 aromatic rings. The fourth-order valence-corrected chi connectivity index (χ4v) is 1.91. The number of hydrogen-bond acceptors (Lipinski definition) is 2. The van der Waals surface area contributed by atoms with Gasteiger partial charge in [0.05, 0.1) is 6.54 Å². The number of ether oxygens (including phenoxy) is 1. The van der Waals surface area contributed by atoms with Gasteiger partial charge in [0.1, 0.15) is 12.4 Å². The highest BCUT2D eigenvalue weighted by Gasteiger charge is 2.20. The molecule has 110 valence electrons. The quantitative estimate of drug-likeness (QED) is 0.456. The van der Waals surface area contributed by atoms with Gasteiger partial charge < -0.3 is 15.4 Å². The van der Waals surface area contributed by atoms with Gasteiger partial charge in [-0.3, -0.25) is 4.99 Å². The fourth-order valence-electron chi connectivity index (χ4n) is 1.91. The zero-order chi connectivity index (χ0) is 14.2. The molecule has 0 atom stereocenters. The molecule has 0 aromatic heterocycles. The molecule has 0 spiro atoms. The molecule has 0 heterocycles. The first kappa shape index (κ1) is 14.7. The number of aryl methyl sites for hydroxylation is 1. The van der Waals surface area contributed by atoms with Gasteiger partial charge in [-0.05, 0) is 50.3 Å². The van der Waals surface area contributed by atoms with Gasteiger partial charge in [0, 0.05) is 13.1 Å². The molecule has 0 saturated heterocycles. The van der Waals surface area contributed by atoms with E-state index in [1.54, 1.807) is 0 Å². The third-order valence-electron chi connectivity index (χ3n) is 3.20. The zero-order valence-electron chi connectivity index (χ0n) is 12.5. The van der Waals surface area contributed by atoms with Crippen LogP contribution < -0.4 is 15.4 Å². The predicted octanol–water partition coefficient (Wildman–Crippen LogP) is 2.34. The topological polar surface area (TPSA) is 45.7 Å². The molecule has 1 aliphatic carbocycles. The molecule has 1 aromatic carbocycles. The lowest BCUT2D eigenvalue weighted by Gasteiger charge is -2.12. The molecule has 1 fully saturated rings. The van der Waals surface area contributed by atoms with Crippen molar-refractivity contribution in [2.75, 3.05) is 26.2 Å². The molecule has 0 amide bonds. The van der Waals surface area contributed by atoms with Gasteiger partial charge in [0.2, 0.25) is 0 Å². The fraction of sp³-hybridized carbons (Fsp3) is 0.562. The van der Waals surface area contributed by atoms with Gasteiger partial charge in [0.15, 0.2) is 5.96 Å². The Morgan fingerprint density at radius 1 is 1.35 bits per heavy atom. The Kier molecular flexibility index (Phi) is 5.71.